The number of fused-ring (bicyclic) bond motifs is 1. The highest BCUT2D eigenvalue weighted by atomic mass is 16.1. The van der Waals surface area contributed by atoms with Crippen molar-refractivity contribution in [1.82, 2.24) is 4.98 Å². The lowest BCUT2D eigenvalue weighted by Gasteiger charge is -2.32. The van der Waals surface area contributed by atoms with Gasteiger partial charge in [0.25, 0.3) is 0 Å². The van der Waals surface area contributed by atoms with Crippen molar-refractivity contribution in [3.05, 3.63) is 30.5 Å². The quantitative estimate of drug-likeness (QED) is 0.810. The van der Waals surface area contributed by atoms with Crippen LogP contribution < -0.4 is 16.4 Å². The van der Waals surface area contributed by atoms with Crippen LogP contribution in [0.4, 0.5) is 11.5 Å². The molecule has 3 rings (SSSR count). The van der Waals surface area contributed by atoms with Crippen molar-refractivity contribution in [2.24, 2.45) is 11.7 Å². The van der Waals surface area contributed by atoms with Gasteiger partial charge in [-0.1, -0.05) is 12.1 Å². The summed E-state index contributed by atoms with van der Waals surface area (Å²) in [6.07, 6.45) is 3.36. The number of rotatable bonds is 2. The van der Waals surface area contributed by atoms with Crippen LogP contribution in [0.25, 0.3) is 10.8 Å². The van der Waals surface area contributed by atoms with E-state index in [0.29, 0.717) is 0 Å². The van der Waals surface area contributed by atoms with E-state index in [1.54, 1.807) is 6.20 Å². The maximum Gasteiger partial charge on any atom is 0.220 e. The second-order valence-electron chi connectivity index (χ2n) is 5.24. The molecule has 0 spiro atoms. The van der Waals surface area contributed by atoms with E-state index >= 15 is 0 Å². The average molecular weight is 270 g/mol. The molecule has 5 heteroatoms. The lowest BCUT2D eigenvalue weighted by molar-refractivity contribution is -0.122. The van der Waals surface area contributed by atoms with Crippen LogP contribution in [0.2, 0.25) is 0 Å². The van der Waals surface area contributed by atoms with E-state index in [1.165, 1.54) is 0 Å². The Morgan fingerprint density at radius 3 is 2.65 bits per heavy atom. The molecule has 0 bridgehead atoms. The van der Waals surface area contributed by atoms with Crippen molar-refractivity contribution in [2.45, 2.75) is 12.8 Å². The fraction of sp³-hybridized carbons (Fsp3) is 0.333. The van der Waals surface area contributed by atoms with Crippen LogP contribution >= 0.6 is 0 Å². The molecule has 5 nitrogen and oxygen atoms in total. The first-order valence-corrected chi connectivity index (χ1v) is 6.84. The first kappa shape index (κ1) is 12.7. The second-order valence-corrected chi connectivity index (χ2v) is 5.24. The summed E-state index contributed by atoms with van der Waals surface area (Å²) in [5.41, 5.74) is 12.1. The van der Waals surface area contributed by atoms with Crippen molar-refractivity contribution in [3.8, 4) is 0 Å². The third-order valence-corrected chi connectivity index (χ3v) is 4.02. The van der Waals surface area contributed by atoms with Crippen LogP contribution in [-0.2, 0) is 4.79 Å². The number of pyridine rings is 1. The summed E-state index contributed by atoms with van der Waals surface area (Å²) >= 11 is 0. The number of primary amides is 1. The van der Waals surface area contributed by atoms with Crippen molar-refractivity contribution in [3.63, 3.8) is 0 Å². The van der Waals surface area contributed by atoms with Gasteiger partial charge in [-0.05, 0) is 25.0 Å². The zero-order chi connectivity index (χ0) is 14.1. The minimum absolute atomic E-state index is 0.00806. The molecule has 104 valence electrons. The Morgan fingerprint density at radius 1 is 1.20 bits per heavy atom. The molecule has 4 N–H and O–H groups in total. The monoisotopic (exact) mass is 270 g/mol. The number of nitrogens with zero attached hydrogens (tertiary/aromatic N) is 2. The molecule has 0 aliphatic carbocycles. The first-order valence-electron chi connectivity index (χ1n) is 6.84. The van der Waals surface area contributed by atoms with E-state index in [9.17, 15) is 4.79 Å². The van der Waals surface area contributed by atoms with Crippen LogP contribution in [0.3, 0.4) is 0 Å². The van der Waals surface area contributed by atoms with Crippen LogP contribution in [-0.4, -0.2) is 24.0 Å². The molecule has 1 aromatic carbocycles. The zero-order valence-corrected chi connectivity index (χ0v) is 11.2. The third kappa shape index (κ3) is 2.15. The Balaban J connectivity index is 1.92. The summed E-state index contributed by atoms with van der Waals surface area (Å²) in [5, 5.41) is 2.08. The molecule has 0 unspecified atom stereocenters. The summed E-state index contributed by atoms with van der Waals surface area (Å²) in [4.78, 5) is 17.9. The molecule has 2 aromatic rings. The van der Waals surface area contributed by atoms with Crippen molar-refractivity contribution >= 4 is 28.2 Å². The fourth-order valence-electron chi connectivity index (χ4n) is 2.84. The van der Waals surface area contributed by atoms with Gasteiger partial charge >= 0.3 is 0 Å². The van der Waals surface area contributed by atoms with E-state index in [1.807, 2.05) is 24.3 Å². The SMILES string of the molecule is NC(=O)C1CCN(c2nccc3c(N)cccc23)CC1. The third-order valence-electron chi connectivity index (χ3n) is 4.02. The predicted octanol–water partition coefficient (Wildman–Crippen LogP) is 1.52. The molecule has 1 aliphatic heterocycles. The molecule has 0 atom stereocenters. The lowest BCUT2D eigenvalue weighted by atomic mass is 9.96. The van der Waals surface area contributed by atoms with E-state index in [0.717, 1.165) is 48.2 Å². The van der Waals surface area contributed by atoms with Crippen LogP contribution in [0, 0.1) is 5.92 Å². The number of hydrogen-bond acceptors (Lipinski definition) is 4. The fourth-order valence-corrected chi connectivity index (χ4v) is 2.84. The Morgan fingerprint density at radius 2 is 1.95 bits per heavy atom. The van der Waals surface area contributed by atoms with Gasteiger partial charge in [0.05, 0.1) is 0 Å². The normalized spacial score (nSPS) is 16.5. The molecule has 1 saturated heterocycles. The summed E-state index contributed by atoms with van der Waals surface area (Å²) in [6, 6.07) is 7.81. The number of anilines is 2. The lowest BCUT2D eigenvalue weighted by Crippen LogP contribution is -2.39. The largest absolute Gasteiger partial charge is 0.398 e. The summed E-state index contributed by atoms with van der Waals surface area (Å²) in [5.74, 6) is 0.740. The topological polar surface area (TPSA) is 85.2 Å². The highest BCUT2D eigenvalue weighted by molar-refractivity contribution is 5.99. The molecule has 0 saturated carbocycles. The maximum atomic E-state index is 11.2. The van der Waals surface area contributed by atoms with Crippen molar-refractivity contribution in [1.29, 1.82) is 0 Å². The average Bonchev–Trinajstić information content (AvgIpc) is 2.47. The number of hydrogen-bond donors (Lipinski definition) is 2. The highest BCUT2D eigenvalue weighted by Gasteiger charge is 2.24. The molecule has 1 amide bonds. The molecule has 1 aromatic heterocycles. The first-order chi connectivity index (χ1) is 9.66. The maximum absolute atomic E-state index is 11.2. The molecular formula is C15H18N4O. The van der Waals surface area contributed by atoms with E-state index in [4.69, 9.17) is 11.5 Å². The summed E-state index contributed by atoms with van der Waals surface area (Å²) in [7, 11) is 0. The number of carbonyl (C=O) groups is 1. The van der Waals surface area contributed by atoms with Crippen LogP contribution in [0.15, 0.2) is 30.5 Å². The number of piperidine rings is 1. The Bertz CT molecular complexity index is 647. The number of aromatic nitrogens is 1. The number of benzene rings is 1. The van der Waals surface area contributed by atoms with Gasteiger partial charge in [0.2, 0.25) is 5.91 Å². The van der Waals surface area contributed by atoms with E-state index in [2.05, 4.69) is 9.88 Å². The summed E-state index contributed by atoms with van der Waals surface area (Å²) < 4.78 is 0. The van der Waals surface area contributed by atoms with Gasteiger partial charge in [0, 0.05) is 41.7 Å². The van der Waals surface area contributed by atoms with E-state index in [-0.39, 0.29) is 11.8 Å². The van der Waals surface area contributed by atoms with Gasteiger partial charge in [-0.3, -0.25) is 4.79 Å². The molecule has 20 heavy (non-hydrogen) atoms. The predicted molar refractivity (Wildman–Crippen MR) is 80.3 cm³/mol. The number of nitrogens with two attached hydrogens (primary N) is 2. The van der Waals surface area contributed by atoms with E-state index < -0.39 is 0 Å². The van der Waals surface area contributed by atoms with Gasteiger partial charge in [-0.15, -0.1) is 0 Å². The second kappa shape index (κ2) is 5.00. The van der Waals surface area contributed by atoms with Crippen molar-refractivity contribution < 1.29 is 4.79 Å². The minimum Gasteiger partial charge on any atom is -0.398 e. The molecule has 2 heterocycles. The van der Waals surface area contributed by atoms with Crippen LogP contribution in [0.5, 0.6) is 0 Å². The molecule has 0 radical (unpaired) electrons. The zero-order valence-electron chi connectivity index (χ0n) is 11.2. The molecular weight excluding hydrogens is 252 g/mol. The minimum atomic E-state index is -0.195. The standard InChI is InChI=1S/C15H18N4O/c16-13-3-1-2-12-11(13)4-7-18-15(12)19-8-5-10(6-9-19)14(17)20/h1-4,7,10H,5-6,8-9,16H2,(H2,17,20). The Kier molecular flexibility index (Phi) is 3.18. The van der Waals surface area contributed by atoms with Gasteiger partial charge in [-0.25, -0.2) is 4.98 Å². The molecule has 1 fully saturated rings. The van der Waals surface area contributed by atoms with Gasteiger partial charge in [0.1, 0.15) is 5.82 Å². The smallest absolute Gasteiger partial charge is 0.220 e. The summed E-state index contributed by atoms with van der Waals surface area (Å²) in [6.45, 7) is 1.60. The highest BCUT2D eigenvalue weighted by Crippen LogP contribution is 2.30. The van der Waals surface area contributed by atoms with Crippen LogP contribution in [0.1, 0.15) is 12.8 Å². The number of amides is 1. The Labute approximate surface area is 117 Å². The molecule has 1 aliphatic rings. The van der Waals surface area contributed by atoms with Gasteiger partial charge in [0.15, 0.2) is 0 Å². The Hall–Kier alpha value is -2.30. The van der Waals surface area contributed by atoms with Gasteiger partial charge in [-0.2, -0.15) is 0 Å². The van der Waals surface area contributed by atoms with Gasteiger partial charge < -0.3 is 16.4 Å². The van der Waals surface area contributed by atoms with Crippen molar-refractivity contribution in [2.75, 3.05) is 23.7 Å². The number of nitrogen functional groups attached to an aromatic ring is 1. The number of carbonyl (C=O) groups excluding carboxylic acids is 1.